The number of carbonyl (C=O) groups excluding carboxylic acids is 1. The lowest BCUT2D eigenvalue weighted by Gasteiger charge is -2.19. The van der Waals surface area contributed by atoms with E-state index in [0.717, 1.165) is 38.6 Å². The van der Waals surface area contributed by atoms with Gasteiger partial charge < -0.3 is 15.5 Å². The summed E-state index contributed by atoms with van der Waals surface area (Å²) in [4.78, 5) is 18.2. The highest BCUT2D eigenvalue weighted by molar-refractivity contribution is 14.0. The van der Waals surface area contributed by atoms with Gasteiger partial charge in [0.05, 0.1) is 0 Å². The molecule has 0 radical (unpaired) electrons. The van der Waals surface area contributed by atoms with E-state index in [1.807, 2.05) is 38.7 Å². The molecule has 0 spiro atoms. The number of halogens is 1. The van der Waals surface area contributed by atoms with E-state index in [2.05, 4.69) is 21.7 Å². The third-order valence-corrected chi connectivity index (χ3v) is 2.89. The molecule has 0 bridgehead atoms. The Kier molecular flexibility index (Phi) is 16.7. The van der Waals surface area contributed by atoms with Gasteiger partial charge >= 0.3 is 0 Å². The predicted molar refractivity (Wildman–Crippen MR) is 101 cm³/mol. The van der Waals surface area contributed by atoms with Crippen LogP contribution in [0.3, 0.4) is 0 Å². The standard InChI is InChI=1S/C15H30N4O.HI/c1-5-9-10-12-17-15(16-6-2)18-13-11-14(20)19(7-3)8-4;/h5,9H,6-8,10-13H2,1-4H3,(H2,16,17,18);1H/b9-5+;. The van der Waals surface area contributed by atoms with Crippen molar-refractivity contribution >= 4 is 35.8 Å². The number of amides is 1. The van der Waals surface area contributed by atoms with Gasteiger partial charge in [-0.3, -0.25) is 9.79 Å². The highest BCUT2D eigenvalue weighted by Crippen LogP contribution is 1.92. The van der Waals surface area contributed by atoms with Crippen molar-refractivity contribution in [2.24, 2.45) is 4.99 Å². The van der Waals surface area contributed by atoms with E-state index in [1.165, 1.54) is 0 Å². The van der Waals surface area contributed by atoms with Gasteiger partial charge in [0, 0.05) is 39.1 Å². The molecule has 6 heteroatoms. The second kappa shape index (κ2) is 15.6. The highest BCUT2D eigenvalue weighted by atomic mass is 127. The van der Waals surface area contributed by atoms with Crippen LogP contribution in [-0.2, 0) is 4.79 Å². The molecule has 0 saturated heterocycles. The maximum absolute atomic E-state index is 11.9. The van der Waals surface area contributed by atoms with Crippen LogP contribution in [0.25, 0.3) is 0 Å². The van der Waals surface area contributed by atoms with Gasteiger partial charge in [-0.2, -0.15) is 0 Å². The quantitative estimate of drug-likeness (QED) is 0.202. The first-order chi connectivity index (χ1) is 9.69. The third-order valence-electron chi connectivity index (χ3n) is 2.89. The Bertz CT molecular complexity index is 315. The largest absolute Gasteiger partial charge is 0.357 e. The van der Waals surface area contributed by atoms with Gasteiger partial charge in [-0.05, 0) is 34.1 Å². The van der Waals surface area contributed by atoms with Crippen LogP contribution in [0.4, 0.5) is 0 Å². The van der Waals surface area contributed by atoms with Gasteiger partial charge in [0.25, 0.3) is 0 Å². The first-order valence-electron chi connectivity index (χ1n) is 7.60. The van der Waals surface area contributed by atoms with E-state index < -0.39 is 0 Å². The number of allylic oxidation sites excluding steroid dienone is 1. The molecule has 0 aromatic carbocycles. The minimum absolute atomic E-state index is 0. The van der Waals surface area contributed by atoms with Gasteiger partial charge in [0.2, 0.25) is 5.91 Å². The number of nitrogens with one attached hydrogen (secondary N) is 2. The fraction of sp³-hybridized carbons (Fsp3) is 0.733. The van der Waals surface area contributed by atoms with Crippen LogP contribution in [0, 0.1) is 0 Å². The van der Waals surface area contributed by atoms with E-state index in [4.69, 9.17) is 0 Å². The Labute approximate surface area is 146 Å². The number of rotatable bonds is 9. The SMILES string of the molecule is C/C=C/CCN=C(NCC)NCCC(=O)N(CC)CC.I. The monoisotopic (exact) mass is 410 g/mol. The van der Waals surface area contributed by atoms with Crippen LogP contribution < -0.4 is 10.6 Å². The molecule has 2 N–H and O–H groups in total. The molecule has 0 aliphatic carbocycles. The van der Waals surface area contributed by atoms with Crippen LogP contribution in [-0.4, -0.2) is 49.5 Å². The summed E-state index contributed by atoms with van der Waals surface area (Å²) in [6.07, 6.45) is 5.56. The lowest BCUT2D eigenvalue weighted by molar-refractivity contribution is -0.130. The van der Waals surface area contributed by atoms with E-state index in [9.17, 15) is 4.79 Å². The maximum Gasteiger partial charge on any atom is 0.224 e. The van der Waals surface area contributed by atoms with Crippen LogP contribution in [0.5, 0.6) is 0 Å². The van der Waals surface area contributed by atoms with Crippen molar-refractivity contribution in [3.05, 3.63) is 12.2 Å². The lowest BCUT2D eigenvalue weighted by atomic mass is 10.3. The molecule has 0 saturated carbocycles. The summed E-state index contributed by atoms with van der Waals surface area (Å²) in [5, 5.41) is 6.38. The number of nitrogens with zero attached hydrogens (tertiary/aromatic N) is 2. The Morgan fingerprint density at radius 1 is 1.19 bits per heavy atom. The Balaban J connectivity index is 0. The summed E-state index contributed by atoms with van der Waals surface area (Å²) in [5.41, 5.74) is 0. The van der Waals surface area contributed by atoms with Crippen LogP contribution in [0.15, 0.2) is 17.1 Å². The van der Waals surface area contributed by atoms with Crippen LogP contribution >= 0.6 is 24.0 Å². The smallest absolute Gasteiger partial charge is 0.224 e. The summed E-state index contributed by atoms with van der Waals surface area (Å²) in [7, 11) is 0. The molecular formula is C15H31IN4O. The molecular weight excluding hydrogens is 379 g/mol. The molecule has 0 aliphatic heterocycles. The zero-order valence-corrected chi connectivity index (χ0v) is 16.1. The van der Waals surface area contributed by atoms with Crippen molar-refractivity contribution in [1.82, 2.24) is 15.5 Å². The van der Waals surface area contributed by atoms with Gasteiger partial charge in [-0.25, -0.2) is 0 Å². The molecule has 5 nitrogen and oxygen atoms in total. The maximum atomic E-state index is 11.9. The Morgan fingerprint density at radius 3 is 2.38 bits per heavy atom. The van der Waals surface area contributed by atoms with Crippen molar-refractivity contribution in [2.75, 3.05) is 32.7 Å². The Morgan fingerprint density at radius 2 is 1.86 bits per heavy atom. The lowest BCUT2D eigenvalue weighted by Crippen LogP contribution is -2.40. The summed E-state index contributed by atoms with van der Waals surface area (Å²) < 4.78 is 0. The number of hydrogen-bond donors (Lipinski definition) is 2. The molecule has 0 unspecified atom stereocenters. The first-order valence-corrected chi connectivity index (χ1v) is 7.60. The van der Waals surface area contributed by atoms with Gasteiger partial charge in [0.15, 0.2) is 5.96 Å². The van der Waals surface area contributed by atoms with E-state index in [-0.39, 0.29) is 29.9 Å². The number of aliphatic imine (C=N–C) groups is 1. The van der Waals surface area contributed by atoms with Gasteiger partial charge in [-0.15, -0.1) is 24.0 Å². The molecule has 124 valence electrons. The minimum atomic E-state index is 0. The van der Waals surface area contributed by atoms with E-state index in [1.54, 1.807) is 0 Å². The average Bonchev–Trinajstić information content (AvgIpc) is 2.44. The molecule has 0 aromatic heterocycles. The normalized spacial score (nSPS) is 11.1. The predicted octanol–water partition coefficient (Wildman–Crippen LogP) is 2.38. The second-order valence-electron chi connectivity index (χ2n) is 4.36. The molecule has 0 rings (SSSR count). The molecule has 0 aromatic rings. The minimum Gasteiger partial charge on any atom is -0.357 e. The van der Waals surface area contributed by atoms with Crippen molar-refractivity contribution in [3.8, 4) is 0 Å². The fourth-order valence-corrected chi connectivity index (χ4v) is 1.78. The molecule has 21 heavy (non-hydrogen) atoms. The average molecular weight is 410 g/mol. The van der Waals surface area contributed by atoms with Crippen molar-refractivity contribution in [1.29, 1.82) is 0 Å². The molecule has 0 atom stereocenters. The summed E-state index contributed by atoms with van der Waals surface area (Å²) >= 11 is 0. The van der Waals surface area contributed by atoms with Crippen LogP contribution in [0.2, 0.25) is 0 Å². The Hall–Kier alpha value is -0.790. The van der Waals surface area contributed by atoms with Crippen molar-refractivity contribution < 1.29 is 4.79 Å². The zero-order chi connectivity index (χ0) is 15.2. The van der Waals surface area contributed by atoms with Gasteiger partial charge in [-0.1, -0.05) is 12.2 Å². The van der Waals surface area contributed by atoms with E-state index >= 15 is 0 Å². The molecule has 0 fully saturated rings. The fourth-order valence-electron chi connectivity index (χ4n) is 1.78. The van der Waals surface area contributed by atoms with Crippen molar-refractivity contribution in [2.45, 2.75) is 40.5 Å². The van der Waals surface area contributed by atoms with E-state index in [0.29, 0.717) is 13.0 Å². The summed E-state index contributed by atoms with van der Waals surface area (Å²) in [5.74, 6) is 0.969. The highest BCUT2D eigenvalue weighted by Gasteiger charge is 2.08. The molecule has 1 amide bonds. The topological polar surface area (TPSA) is 56.7 Å². The van der Waals surface area contributed by atoms with Gasteiger partial charge in [0.1, 0.15) is 0 Å². The second-order valence-corrected chi connectivity index (χ2v) is 4.36. The summed E-state index contributed by atoms with van der Waals surface area (Å²) in [6.45, 7) is 11.8. The summed E-state index contributed by atoms with van der Waals surface area (Å²) in [6, 6.07) is 0. The number of guanidine groups is 1. The molecule has 0 heterocycles. The van der Waals surface area contributed by atoms with Crippen molar-refractivity contribution in [3.63, 3.8) is 0 Å². The zero-order valence-electron chi connectivity index (χ0n) is 13.8. The number of carbonyl (C=O) groups is 1. The molecule has 0 aliphatic rings. The third kappa shape index (κ3) is 11.5. The van der Waals surface area contributed by atoms with Crippen LogP contribution in [0.1, 0.15) is 40.5 Å². The first kappa shape index (κ1) is 22.5. The number of hydrogen-bond acceptors (Lipinski definition) is 2.